The Balaban J connectivity index is 2.36. The Morgan fingerprint density at radius 1 is 1.27 bits per heavy atom. The molecule has 2 N–H and O–H groups in total. The molecule has 1 aromatic carbocycles. The predicted octanol–water partition coefficient (Wildman–Crippen LogP) is 4.69. The van der Waals surface area contributed by atoms with Crippen molar-refractivity contribution in [2.24, 2.45) is 5.92 Å². The summed E-state index contributed by atoms with van der Waals surface area (Å²) < 4.78 is 5.71. The molecule has 1 heterocycles. The second kappa shape index (κ2) is 10.1. The molecule has 30 heavy (non-hydrogen) atoms. The van der Waals surface area contributed by atoms with Gasteiger partial charge in [0, 0.05) is 11.0 Å². The van der Waals surface area contributed by atoms with Gasteiger partial charge in [-0.3, -0.25) is 4.79 Å². The summed E-state index contributed by atoms with van der Waals surface area (Å²) in [4.78, 5) is 35.0. The molecule has 1 atom stereocenters. The van der Waals surface area contributed by atoms with Gasteiger partial charge in [0.05, 0.1) is 24.5 Å². The van der Waals surface area contributed by atoms with E-state index in [4.69, 9.17) is 4.74 Å². The number of aromatic nitrogens is 2. The monoisotopic (exact) mass is 478 g/mol. The average Bonchev–Trinajstić information content (AvgIpc) is 3.20. The Kier molecular flexibility index (Phi) is 8.06. The number of methoxy groups -OCH3 is 1. The molecular formula is C22H31BrN4O3. The third-order valence-corrected chi connectivity index (χ3v) is 5.62. The van der Waals surface area contributed by atoms with Crippen molar-refractivity contribution in [2.75, 3.05) is 13.7 Å². The first kappa shape index (κ1) is 23.9. The fourth-order valence-corrected chi connectivity index (χ4v) is 3.56. The van der Waals surface area contributed by atoms with Crippen LogP contribution in [0.4, 0.5) is 4.79 Å². The predicted molar refractivity (Wildman–Crippen MR) is 121 cm³/mol. The summed E-state index contributed by atoms with van der Waals surface area (Å²) in [5.41, 5.74) is 1.18. The van der Waals surface area contributed by atoms with Gasteiger partial charge in [-0.25, -0.2) is 9.78 Å². The molecule has 2 amide bonds. The van der Waals surface area contributed by atoms with Gasteiger partial charge >= 0.3 is 6.09 Å². The van der Waals surface area contributed by atoms with E-state index < -0.39 is 17.7 Å². The van der Waals surface area contributed by atoms with Gasteiger partial charge in [0.1, 0.15) is 11.9 Å². The molecule has 0 saturated carbocycles. The van der Waals surface area contributed by atoms with Crippen molar-refractivity contribution in [1.82, 2.24) is 20.2 Å². The Bertz CT molecular complexity index is 862. The minimum absolute atomic E-state index is 0.0957. The van der Waals surface area contributed by atoms with Crippen LogP contribution in [0.5, 0.6) is 0 Å². The highest BCUT2D eigenvalue weighted by molar-refractivity contribution is 9.10. The summed E-state index contributed by atoms with van der Waals surface area (Å²) in [6, 6.07) is 7.25. The standard InChI is InChI=1S/C22H31BrN4O3/c1-7-12-27(19(28)18(14(2)3)26-21(29)30-6)22(4,5)20-24-13-17(25-20)15-8-10-16(23)11-9-15/h8-11,13-14,18H,7,12H2,1-6H3,(H,24,25)(H,26,29). The maximum absolute atomic E-state index is 13.5. The summed E-state index contributed by atoms with van der Waals surface area (Å²) >= 11 is 3.45. The number of nitrogens with one attached hydrogen (secondary N) is 2. The van der Waals surface area contributed by atoms with Gasteiger partial charge in [0.15, 0.2) is 0 Å². The van der Waals surface area contributed by atoms with E-state index in [1.165, 1.54) is 7.11 Å². The number of alkyl carbamates (subject to hydrolysis) is 1. The van der Waals surface area contributed by atoms with Crippen molar-refractivity contribution in [2.45, 2.75) is 52.6 Å². The van der Waals surface area contributed by atoms with Gasteiger partial charge < -0.3 is 19.9 Å². The van der Waals surface area contributed by atoms with Crippen LogP contribution in [0.2, 0.25) is 0 Å². The molecule has 0 fully saturated rings. The summed E-state index contributed by atoms with van der Waals surface area (Å²) in [7, 11) is 1.29. The normalized spacial score (nSPS) is 12.5. The number of hydrogen-bond donors (Lipinski definition) is 2. The fraction of sp³-hybridized carbons (Fsp3) is 0.500. The molecule has 1 unspecified atom stereocenters. The molecule has 2 rings (SSSR count). The van der Waals surface area contributed by atoms with E-state index in [9.17, 15) is 9.59 Å². The lowest BCUT2D eigenvalue weighted by atomic mass is 9.96. The molecule has 0 bridgehead atoms. The third kappa shape index (κ3) is 5.41. The first-order chi connectivity index (χ1) is 14.1. The molecule has 164 valence electrons. The zero-order valence-electron chi connectivity index (χ0n) is 18.5. The van der Waals surface area contributed by atoms with Crippen LogP contribution in [0.1, 0.15) is 46.9 Å². The fourth-order valence-electron chi connectivity index (χ4n) is 3.29. The Morgan fingerprint density at radius 3 is 2.43 bits per heavy atom. The lowest BCUT2D eigenvalue weighted by molar-refractivity contribution is -0.140. The summed E-state index contributed by atoms with van der Waals surface area (Å²) in [6.07, 6.45) is 1.94. The Labute approximate surface area is 186 Å². The SMILES string of the molecule is CCCN(C(=O)C(NC(=O)OC)C(C)C)C(C)(C)c1ncc(-c2ccc(Br)cc2)[nH]1. The number of ether oxygens (including phenoxy) is 1. The quantitative estimate of drug-likeness (QED) is 0.575. The second-order valence-corrected chi connectivity index (χ2v) is 8.97. The van der Waals surface area contributed by atoms with Crippen molar-refractivity contribution >= 4 is 27.9 Å². The molecule has 7 nitrogen and oxygen atoms in total. The summed E-state index contributed by atoms with van der Waals surface area (Å²) in [5.74, 6) is 0.424. The molecule has 0 spiro atoms. The molecule has 0 aliphatic carbocycles. The molecule has 1 aromatic heterocycles. The molecule has 0 radical (unpaired) electrons. The van der Waals surface area contributed by atoms with Gasteiger partial charge in [-0.05, 0) is 43.9 Å². The largest absolute Gasteiger partial charge is 0.453 e. The number of benzene rings is 1. The van der Waals surface area contributed by atoms with Crippen molar-refractivity contribution in [1.29, 1.82) is 0 Å². The van der Waals surface area contributed by atoms with Crippen LogP contribution in [0.3, 0.4) is 0 Å². The number of rotatable bonds is 8. The first-order valence-electron chi connectivity index (χ1n) is 10.1. The zero-order chi connectivity index (χ0) is 22.5. The van der Waals surface area contributed by atoms with Crippen LogP contribution in [-0.2, 0) is 15.1 Å². The highest BCUT2D eigenvalue weighted by Crippen LogP contribution is 2.30. The van der Waals surface area contributed by atoms with Gasteiger partial charge in [-0.1, -0.05) is 48.8 Å². The van der Waals surface area contributed by atoms with Gasteiger partial charge in [0.25, 0.3) is 0 Å². The van der Waals surface area contributed by atoms with E-state index in [0.717, 1.165) is 22.2 Å². The van der Waals surface area contributed by atoms with Crippen LogP contribution < -0.4 is 5.32 Å². The van der Waals surface area contributed by atoms with Gasteiger partial charge in [0.2, 0.25) is 5.91 Å². The van der Waals surface area contributed by atoms with Crippen LogP contribution >= 0.6 is 15.9 Å². The van der Waals surface area contributed by atoms with Crippen LogP contribution in [0.25, 0.3) is 11.3 Å². The number of amides is 2. The average molecular weight is 479 g/mol. The van der Waals surface area contributed by atoms with Crippen LogP contribution in [0.15, 0.2) is 34.9 Å². The van der Waals surface area contributed by atoms with E-state index in [1.54, 1.807) is 11.1 Å². The number of imidazole rings is 1. The number of aromatic amines is 1. The number of H-pyrrole nitrogens is 1. The summed E-state index contributed by atoms with van der Waals surface area (Å²) in [6.45, 7) is 10.3. The molecule has 8 heteroatoms. The van der Waals surface area contributed by atoms with E-state index in [-0.39, 0.29) is 11.8 Å². The molecule has 2 aromatic rings. The number of hydrogen-bond acceptors (Lipinski definition) is 4. The first-order valence-corrected chi connectivity index (χ1v) is 10.9. The molecule has 0 aliphatic rings. The van der Waals surface area contributed by atoms with E-state index in [0.29, 0.717) is 12.4 Å². The topological polar surface area (TPSA) is 87.3 Å². The number of nitrogens with zero attached hydrogens (tertiary/aromatic N) is 2. The van der Waals surface area contributed by atoms with Crippen LogP contribution in [0, 0.1) is 5.92 Å². The minimum Gasteiger partial charge on any atom is -0.453 e. The molecule has 0 saturated heterocycles. The third-order valence-electron chi connectivity index (χ3n) is 5.09. The maximum Gasteiger partial charge on any atom is 0.407 e. The molecular weight excluding hydrogens is 448 g/mol. The lowest BCUT2D eigenvalue weighted by Gasteiger charge is -2.40. The molecule has 0 aliphatic heterocycles. The number of halogens is 1. The van der Waals surface area contributed by atoms with Gasteiger partial charge in [-0.15, -0.1) is 0 Å². The van der Waals surface area contributed by atoms with Crippen molar-refractivity contribution in [3.05, 3.63) is 40.8 Å². The van der Waals surface area contributed by atoms with Crippen molar-refractivity contribution < 1.29 is 14.3 Å². The second-order valence-electron chi connectivity index (χ2n) is 8.06. The maximum atomic E-state index is 13.5. The highest BCUT2D eigenvalue weighted by atomic mass is 79.9. The van der Waals surface area contributed by atoms with Crippen molar-refractivity contribution in [3.8, 4) is 11.3 Å². The van der Waals surface area contributed by atoms with E-state index >= 15 is 0 Å². The highest BCUT2D eigenvalue weighted by Gasteiger charge is 2.39. The van der Waals surface area contributed by atoms with E-state index in [2.05, 4.69) is 31.2 Å². The summed E-state index contributed by atoms with van der Waals surface area (Å²) in [5, 5.41) is 2.68. The zero-order valence-corrected chi connectivity index (χ0v) is 20.0. The Morgan fingerprint density at radius 2 is 1.90 bits per heavy atom. The number of carbonyl (C=O) groups is 2. The Hall–Kier alpha value is -2.35. The van der Waals surface area contributed by atoms with E-state index in [1.807, 2.05) is 58.9 Å². The lowest BCUT2D eigenvalue weighted by Crippen LogP contribution is -2.56. The van der Waals surface area contributed by atoms with Gasteiger partial charge in [-0.2, -0.15) is 0 Å². The minimum atomic E-state index is -0.703. The number of carbonyl (C=O) groups excluding carboxylic acids is 2. The smallest absolute Gasteiger partial charge is 0.407 e. The van der Waals surface area contributed by atoms with Crippen LogP contribution in [-0.4, -0.2) is 46.6 Å². The van der Waals surface area contributed by atoms with Crippen molar-refractivity contribution in [3.63, 3.8) is 0 Å².